The topological polar surface area (TPSA) is 71.1 Å². The third kappa shape index (κ3) is 8.62. The van der Waals surface area contributed by atoms with Crippen LogP contribution < -0.4 is 4.74 Å². The minimum absolute atomic E-state index is 0.0558. The SMILES string of the molecule is CCCCCC(=O)OCCOCCOCCC(=O)Oc1c(F)c(F)c(F)c(F)c1F. The van der Waals surface area contributed by atoms with Gasteiger partial charge in [-0.1, -0.05) is 19.8 Å². The monoisotopic (exact) mass is 442 g/mol. The van der Waals surface area contributed by atoms with Gasteiger partial charge in [-0.05, 0) is 6.42 Å². The van der Waals surface area contributed by atoms with Crippen LogP contribution in [0.5, 0.6) is 5.75 Å². The Balaban J connectivity index is 2.16. The smallest absolute Gasteiger partial charge is 0.313 e. The molecule has 1 rings (SSSR count). The number of benzene rings is 1. The fraction of sp³-hybridized carbons (Fsp3) is 0.579. The minimum Gasteiger partial charge on any atom is -0.463 e. The second-order valence-corrected chi connectivity index (χ2v) is 6.03. The molecule has 0 radical (unpaired) electrons. The number of hydrogen-bond acceptors (Lipinski definition) is 6. The summed E-state index contributed by atoms with van der Waals surface area (Å²) in [6.45, 7) is 2.23. The maximum absolute atomic E-state index is 13.4. The molecule has 0 saturated heterocycles. The van der Waals surface area contributed by atoms with Gasteiger partial charge in [0, 0.05) is 6.42 Å². The molecule has 11 heteroatoms. The third-order valence-electron chi connectivity index (χ3n) is 3.68. The average Bonchev–Trinajstić information content (AvgIpc) is 2.73. The highest BCUT2D eigenvalue weighted by atomic mass is 19.2. The summed E-state index contributed by atoms with van der Waals surface area (Å²) in [5.41, 5.74) is 0. The van der Waals surface area contributed by atoms with Crippen LogP contribution in [0.25, 0.3) is 0 Å². The number of unbranched alkanes of at least 4 members (excludes halogenated alkanes) is 2. The summed E-state index contributed by atoms with van der Waals surface area (Å²) < 4.78 is 85.1. The van der Waals surface area contributed by atoms with Gasteiger partial charge in [0.25, 0.3) is 0 Å². The van der Waals surface area contributed by atoms with Gasteiger partial charge in [-0.2, -0.15) is 8.78 Å². The second-order valence-electron chi connectivity index (χ2n) is 6.03. The van der Waals surface area contributed by atoms with Gasteiger partial charge in [-0.3, -0.25) is 9.59 Å². The van der Waals surface area contributed by atoms with Crippen molar-refractivity contribution >= 4 is 11.9 Å². The molecule has 30 heavy (non-hydrogen) atoms. The van der Waals surface area contributed by atoms with E-state index < -0.39 is 47.2 Å². The van der Waals surface area contributed by atoms with Gasteiger partial charge < -0.3 is 18.9 Å². The number of halogens is 5. The van der Waals surface area contributed by atoms with Crippen LogP contribution in [0.2, 0.25) is 0 Å². The summed E-state index contributed by atoms with van der Waals surface area (Å²) in [4.78, 5) is 22.8. The van der Waals surface area contributed by atoms with Gasteiger partial charge >= 0.3 is 11.9 Å². The molecule has 0 aliphatic carbocycles. The maximum atomic E-state index is 13.4. The summed E-state index contributed by atoms with van der Waals surface area (Å²) in [6.07, 6.45) is 2.60. The Hall–Kier alpha value is -2.27. The summed E-state index contributed by atoms with van der Waals surface area (Å²) in [5.74, 6) is -14.4. The largest absolute Gasteiger partial charge is 0.463 e. The van der Waals surface area contributed by atoms with Crippen molar-refractivity contribution in [2.24, 2.45) is 0 Å². The molecular formula is C19H23F5O6. The molecule has 0 spiro atoms. The zero-order chi connectivity index (χ0) is 22.5. The Bertz CT molecular complexity index is 684. The van der Waals surface area contributed by atoms with Crippen molar-refractivity contribution in [2.45, 2.75) is 39.0 Å². The molecule has 0 aliphatic heterocycles. The molecule has 1 aromatic rings. The van der Waals surface area contributed by atoms with Gasteiger partial charge in [0.2, 0.25) is 34.8 Å². The lowest BCUT2D eigenvalue weighted by molar-refractivity contribution is -0.145. The Labute approximate surface area is 170 Å². The van der Waals surface area contributed by atoms with Crippen LogP contribution in [0.1, 0.15) is 39.0 Å². The number of rotatable bonds is 14. The Morgan fingerprint density at radius 2 is 1.20 bits per heavy atom. The first-order valence-corrected chi connectivity index (χ1v) is 9.32. The van der Waals surface area contributed by atoms with Crippen LogP contribution in [0.3, 0.4) is 0 Å². The van der Waals surface area contributed by atoms with Gasteiger partial charge in [0.05, 0.1) is 32.8 Å². The third-order valence-corrected chi connectivity index (χ3v) is 3.68. The van der Waals surface area contributed by atoms with Crippen molar-refractivity contribution in [1.82, 2.24) is 0 Å². The van der Waals surface area contributed by atoms with Gasteiger partial charge in [0.1, 0.15) is 6.61 Å². The lowest BCUT2D eigenvalue weighted by Gasteiger charge is -2.09. The van der Waals surface area contributed by atoms with Gasteiger partial charge in [-0.25, -0.2) is 13.2 Å². The van der Waals surface area contributed by atoms with E-state index in [2.05, 4.69) is 4.74 Å². The molecule has 0 fully saturated rings. The summed E-state index contributed by atoms with van der Waals surface area (Å²) in [6, 6.07) is 0. The highest BCUT2D eigenvalue weighted by Crippen LogP contribution is 2.29. The zero-order valence-electron chi connectivity index (χ0n) is 16.4. The Morgan fingerprint density at radius 1 is 0.667 bits per heavy atom. The van der Waals surface area contributed by atoms with E-state index in [1.807, 2.05) is 6.92 Å². The summed E-state index contributed by atoms with van der Waals surface area (Å²) in [7, 11) is 0. The lowest BCUT2D eigenvalue weighted by atomic mass is 10.2. The summed E-state index contributed by atoms with van der Waals surface area (Å²) >= 11 is 0. The number of carbonyl (C=O) groups excluding carboxylic acids is 2. The molecule has 0 amide bonds. The average molecular weight is 442 g/mol. The van der Waals surface area contributed by atoms with Gasteiger partial charge in [-0.15, -0.1) is 0 Å². The highest BCUT2D eigenvalue weighted by Gasteiger charge is 2.28. The lowest BCUT2D eigenvalue weighted by Crippen LogP contribution is -2.16. The Morgan fingerprint density at radius 3 is 1.80 bits per heavy atom. The predicted octanol–water partition coefficient (Wildman–Crippen LogP) is 3.83. The molecule has 1 aromatic carbocycles. The van der Waals surface area contributed by atoms with E-state index in [0.717, 1.165) is 19.3 Å². The Kier molecular flexibility index (Phi) is 11.9. The quantitative estimate of drug-likeness (QED) is 0.109. The number of esters is 2. The van der Waals surface area contributed by atoms with Gasteiger partial charge in [0.15, 0.2) is 0 Å². The van der Waals surface area contributed by atoms with Crippen molar-refractivity contribution < 1.29 is 50.5 Å². The van der Waals surface area contributed by atoms with Crippen molar-refractivity contribution in [3.05, 3.63) is 29.1 Å². The van der Waals surface area contributed by atoms with Crippen LogP contribution in [-0.2, 0) is 23.8 Å². The van der Waals surface area contributed by atoms with Crippen LogP contribution in [0.4, 0.5) is 22.0 Å². The van der Waals surface area contributed by atoms with E-state index in [9.17, 15) is 31.5 Å². The van der Waals surface area contributed by atoms with Crippen LogP contribution in [-0.4, -0.2) is 45.0 Å². The number of hydrogen-bond donors (Lipinski definition) is 0. The second kappa shape index (κ2) is 13.9. The molecule has 0 bridgehead atoms. The molecule has 0 unspecified atom stereocenters. The first kappa shape index (κ1) is 25.8. The molecule has 0 heterocycles. The van der Waals surface area contributed by atoms with E-state index in [-0.39, 0.29) is 39.0 Å². The van der Waals surface area contributed by atoms with Crippen molar-refractivity contribution in [2.75, 3.05) is 33.0 Å². The van der Waals surface area contributed by atoms with Crippen LogP contribution in [0, 0.1) is 29.1 Å². The van der Waals surface area contributed by atoms with E-state index in [4.69, 9.17) is 14.2 Å². The molecule has 0 saturated carbocycles. The van der Waals surface area contributed by atoms with Crippen LogP contribution in [0.15, 0.2) is 0 Å². The molecular weight excluding hydrogens is 419 g/mol. The molecule has 0 atom stereocenters. The van der Waals surface area contributed by atoms with E-state index in [1.165, 1.54) is 0 Å². The fourth-order valence-corrected chi connectivity index (χ4v) is 2.12. The van der Waals surface area contributed by atoms with Crippen molar-refractivity contribution in [3.8, 4) is 5.75 Å². The first-order valence-electron chi connectivity index (χ1n) is 9.32. The molecule has 6 nitrogen and oxygen atoms in total. The molecule has 0 aromatic heterocycles. The van der Waals surface area contributed by atoms with E-state index in [1.54, 1.807) is 0 Å². The zero-order valence-corrected chi connectivity index (χ0v) is 16.4. The molecule has 170 valence electrons. The normalized spacial score (nSPS) is 10.9. The first-order chi connectivity index (χ1) is 14.3. The highest BCUT2D eigenvalue weighted by molar-refractivity contribution is 5.72. The maximum Gasteiger partial charge on any atom is 0.313 e. The summed E-state index contributed by atoms with van der Waals surface area (Å²) in [5, 5.41) is 0. The number of ether oxygens (including phenoxy) is 4. The van der Waals surface area contributed by atoms with Crippen molar-refractivity contribution in [1.29, 1.82) is 0 Å². The van der Waals surface area contributed by atoms with Crippen LogP contribution >= 0.6 is 0 Å². The molecule has 0 N–H and O–H groups in total. The molecule has 0 aliphatic rings. The standard InChI is InChI=1S/C19H23F5O6/c1-2-3-4-5-12(25)29-11-10-28-9-8-27-7-6-13(26)30-19-17(23)15(21)14(20)16(22)18(19)24/h2-11H2,1H3. The van der Waals surface area contributed by atoms with Crippen molar-refractivity contribution in [3.63, 3.8) is 0 Å². The van der Waals surface area contributed by atoms with E-state index in [0.29, 0.717) is 6.42 Å². The number of carbonyl (C=O) groups is 2. The minimum atomic E-state index is -2.35. The predicted molar refractivity (Wildman–Crippen MR) is 93.2 cm³/mol. The fourth-order valence-electron chi connectivity index (χ4n) is 2.12. The van der Waals surface area contributed by atoms with E-state index >= 15 is 0 Å².